The molecule has 148 valence electrons. The molecule has 0 aliphatic heterocycles. The fourth-order valence-electron chi connectivity index (χ4n) is 3.32. The highest BCUT2D eigenvalue weighted by Gasteiger charge is 2.12. The van der Waals surface area contributed by atoms with Crippen molar-refractivity contribution in [2.24, 2.45) is 5.10 Å². The number of fused-ring (bicyclic) bond motifs is 2. The fraction of sp³-hybridized carbons (Fsp3) is 0.0455. The summed E-state index contributed by atoms with van der Waals surface area (Å²) >= 11 is 0. The Kier molecular flexibility index (Phi) is 5.04. The number of nitrogens with zero attached hydrogens (tertiary/aromatic N) is 3. The molecule has 3 aromatic carbocycles. The van der Waals surface area contributed by atoms with E-state index in [1.54, 1.807) is 53.1 Å². The van der Waals surface area contributed by atoms with Gasteiger partial charge in [0.05, 0.1) is 22.2 Å². The minimum atomic E-state index is -0.498. The second-order valence-corrected chi connectivity index (χ2v) is 6.59. The third-order valence-corrected chi connectivity index (χ3v) is 4.66. The zero-order chi connectivity index (χ0) is 21.1. The number of nitro benzene ring substituents is 1. The fourth-order valence-corrected chi connectivity index (χ4v) is 3.32. The monoisotopic (exact) mass is 400 g/mol. The number of para-hydroxylation sites is 2. The van der Waals surface area contributed by atoms with Crippen molar-refractivity contribution in [3.8, 4) is 0 Å². The van der Waals surface area contributed by atoms with Crippen LogP contribution in [0, 0.1) is 10.1 Å². The van der Waals surface area contributed by atoms with Gasteiger partial charge in [0.2, 0.25) is 0 Å². The van der Waals surface area contributed by atoms with E-state index in [-0.39, 0.29) is 17.7 Å². The van der Waals surface area contributed by atoms with Crippen molar-refractivity contribution in [1.29, 1.82) is 0 Å². The number of rotatable bonds is 5. The van der Waals surface area contributed by atoms with Crippen LogP contribution in [0.15, 0.2) is 82.7 Å². The molecule has 1 aromatic heterocycles. The molecule has 0 spiro atoms. The predicted octanol–water partition coefficient (Wildman–Crippen LogP) is 3.21. The summed E-state index contributed by atoms with van der Waals surface area (Å²) in [4.78, 5) is 35.6. The van der Waals surface area contributed by atoms with Gasteiger partial charge in [-0.1, -0.05) is 36.4 Å². The number of hydrogen-bond donors (Lipinski definition) is 1. The van der Waals surface area contributed by atoms with Gasteiger partial charge in [0.1, 0.15) is 6.54 Å². The Labute approximate surface area is 170 Å². The zero-order valence-electron chi connectivity index (χ0n) is 15.7. The minimum absolute atomic E-state index is 0.0480. The van der Waals surface area contributed by atoms with Crippen LogP contribution in [-0.4, -0.2) is 21.6 Å². The molecular weight excluding hydrogens is 384 g/mol. The Morgan fingerprint density at radius 1 is 1.00 bits per heavy atom. The largest absolute Gasteiger partial charge is 0.331 e. The highest BCUT2D eigenvalue weighted by atomic mass is 16.6. The molecular formula is C22H16N4O4. The average molecular weight is 400 g/mol. The standard InChI is InChI=1S/C22H16N4O4/c27-21(24-23-13-15-6-5-7-16(12-15)26(29)30)14-25-19-10-3-1-8-17(19)22(28)18-9-2-4-11-20(18)25/h1-13H,14H2,(H,24,27)/b23-13+. The minimum Gasteiger partial charge on any atom is -0.331 e. The number of pyridine rings is 1. The van der Waals surface area contributed by atoms with Crippen molar-refractivity contribution in [3.63, 3.8) is 0 Å². The Balaban J connectivity index is 1.62. The summed E-state index contributed by atoms with van der Waals surface area (Å²) in [7, 11) is 0. The number of carbonyl (C=O) groups is 1. The molecule has 0 bridgehead atoms. The molecule has 0 aliphatic carbocycles. The number of nitro groups is 1. The van der Waals surface area contributed by atoms with Crippen LogP contribution in [0.3, 0.4) is 0 Å². The van der Waals surface area contributed by atoms with Crippen molar-refractivity contribution < 1.29 is 9.72 Å². The molecule has 1 N–H and O–H groups in total. The molecule has 4 rings (SSSR count). The van der Waals surface area contributed by atoms with Crippen LogP contribution in [0.25, 0.3) is 21.8 Å². The molecule has 8 nitrogen and oxygen atoms in total. The van der Waals surface area contributed by atoms with E-state index in [1.807, 2.05) is 12.1 Å². The molecule has 0 unspecified atom stereocenters. The van der Waals surface area contributed by atoms with Crippen molar-refractivity contribution in [3.05, 3.63) is 98.7 Å². The zero-order valence-corrected chi connectivity index (χ0v) is 15.7. The van der Waals surface area contributed by atoms with Gasteiger partial charge in [-0.25, -0.2) is 5.43 Å². The van der Waals surface area contributed by atoms with Crippen LogP contribution in [0.1, 0.15) is 5.56 Å². The number of non-ortho nitro benzene ring substituents is 1. The van der Waals surface area contributed by atoms with Crippen molar-refractivity contribution >= 4 is 39.6 Å². The molecule has 0 aliphatic rings. The number of hydrogen-bond acceptors (Lipinski definition) is 5. The van der Waals surface area contributed by atoms with Gasteiger partial charge in [-0.05, 0) is 24.3 Å². The summed E-state index contributed by atoms with van der Waals surface area (Å²) in [5.74, 6) is -0.393. The van der Waals surface area contributed by atoms with E-state index in [0.717, 1.165) is 0 Å². The molecule has 4 aromatic rings. The summed E-state index contributed by atoms with van der Waals surface area (Å²) in [6.07, 6.45) is 1.34. The molecule has 0 radical (unpaired) electrons. The first-order valence-electron chi connectivity index (χ1n) is 9.11. The predicted molar refractivity (Wildman–Crippen MR) is 115 cm³/mol. The number of nitrogens with one attached hydrogen (secondary N) is 1. The first-order valence-corrected chi connectivity index (χ1v) is 9.11. The lowest BCUT2D eigenvalue weighted by molar-refractivity contribution is -0.384. The van der Waals surface area contributed by atoms with Gasteiger partial charge in [0.25, 0.3) is 11.6 Å². The van der Waals surface area contributed by atoms with Crippen LogP contribution in [0.2, 0.25) is 0 Å². The molecule has 8 heteroatoms. The Morgan fingerprint density at radius 3 is 2.27 bits per heavy atom. The third-order valence-electron chi connectivity index (χ3n) is 4.66. The molecule has 1 amide bonds. The summed E-state index contributed by atoms with van der Waals surface area (Å²) in [5, 5.41) is 15.8. The van der Waals surface area contributed by atoms with Gasteiger partial charge >= 0.3 is 0 Å². The maximum atomic E-state index is 12.7. The van der Waals surface area contributed by atoms with Crippen molar-refractivity contribution in [1.82, 2.24) is 9.99 Å². The Morgan fingerprint density at radius 2 is 1.63 bits per heavy atom. The summed E-state index contributed by atoms with van der Waals surface area (Å²) in [5.41, 5.74) is 4.09. The normalized spacial score (nSPS) is 11.2. The van der Waals surface area contributed by atoms with Gasteiger partial charge in [0, 0.05) is 28.5 Å². The van der Waals surface area contributed by atoms with Crippen LogP contribution >= 0.6 is 0 Å². The van der Waals surface area contributed by atoms with E-state index in [9.17, 15) is 19.7 Å². The summed E-state index contributed by atoms with van der Waals surface area (Å²) in [6, 6.07) is 20.2. The lowest BCUT2D eigenvalue weighted by atomic mass is 10.1. The number of hydrazone groups is 1. The van der Waals surface area contributed by atoms with Gasteiger partial charge < -0.3 is 4.57 Å². The smallest absolute Gasteiger partial charge is 0.270 e. The van der Waals surface area contributed by atoms with Crippen LogP contribution in [-0.2, 0) is 11.3 Å². The van der Waals surface area contributed by atoms with E-state index in [1.165, 1.54) is 18.3 Å². The van der Waals surface area contributed by atoms with E-state index in [4.69, 9.17) is 0 Å². The van der Waals surface area contributed by atoms with E-state index in [2.05, 4.69) is 10.5 Å². The van der Waals surface area contributed by atoms with E-state index >= 15 is 0 Å². The highest BCUT2D eigenvalue weighted by Crippen LogP contribution is 2.19. The second kappa shape index (κ2) is 7.96. The molecule has 0 saturated heterocycles. The highest BCUT2D eigenvalue weighted by molar-refractivity contribution is 5.95. The number of amides is 1. The van der Waals surface area contributed by atoms with E-state index < -0.39 is 10.8 Å². The number of carbonyl (C=O) groups excluding carboxylic acids is 1. The Hall–Kier alpha value is -4.33. The van der Waals surface area contributed by atoms with Gasteiger partial charge in [-0.2, -0.15) is 5.10 Å². The molecule has 1 heterocycles. The van der Waals surface area contributed by atoms with E-state index in [0.29, 0.717) is 27.4 Å². The maximum Gasteiger partial charge on any atom is 0.270 e. The summed E-state index contributed by atoms with van der Waals surface area (Å²) < 4.78 is 1.77. The maximum absolute atomic E-state index is 12.7. The van der Waals surface area contributed by atoms with Crippen LogP contribution in [0.5, 0.6) is 0 Å². The van der Waals surface area contributed by atoms with Crippen LogP contribution < -0.4 is 10.9 Å². The second-order valence-electron chi connectivity index (χ2n) is 6.59. The Bertz CT molecular complexity index is 1310. The van der Waals surface area contributed by atoms with Crippen LogP contribution in [0.4, 0.5) is 5.69 Å². The third kappa shape index (κ3) is 3.66. The molecule has 30 heavy (non-hydrogen) atoms. The summed E-state index contributed by atoms with van der Waals surface area (Å²) in [6.45, 7) is -0.0480. The van der Waals surface area contributed by atoms with Gasteiger partial charge in [0.15, 0.2) is 5.43 Å². The lowest BCUT2D eigenvalue weighted by Crippen LogP contribution is -2.25. The first-order chi connectivity index (χ1) is 14.5. The number of aromatic nitrogens is 1. The van der Waals surface area contributed by atoms with Crippen molar-refractivity contribution in [2.75, 3.05) is 0 Å². The van der Waals surface area contributed by atoms with Gasteiger partial charge in [-0.3, -0.25) is 19.7 Å². The van der Waals surface area contributed by atoms with Gasteiger partial charge in [-0.15, -0.1) is 0 Å². The number of benzene rings is 3. The van der Waals surface area contributed by atoms with Crippen molar-refractivity contribution in [2.45, 2.75) is 6.54 Å². The molecule has 0 atom stereocenters. The first kappa shape index (κ1) is 19.0. The topological polar surface area (TPSA) is 107 Å². The molecule has 0 saturated carbocycles. The lowest BCUT2D eigenvalue weighted by Gasteiger charge is -2.14. The SMILES string of the molecule is O=C(Cn1c2ccccc2c(=O)c2ccccc21)N/N=C/c1cccc([N+](=O)[O-])c1. The molecule has 0 fully saturated rings. The quantitative estimate of drug-likeness (QED) is 0.240. The average Bonchev–Trinajstić information content (AvgIpc) is 2.77.